The highest BCUT2D eigenvalue weighted by atomic mass is 32.2. The van der Waals surface area contributed by atoms with Crippen molar-refractivity contribution in [2.75, 3.05) is 18.4 Å². The number of amides is 1. The first-order valence-electron chi connectivity index (χ1n) is 10.5. The van der Waals surface area contributed by atoms with Crippen LogP contribution in [0.25, 0.3) is 11.1 Å². The van der Waals surface area contributed by atoms with Crippen molar-refractivity contribution in [2.24, 2.45) is 5.92 Å². The average Bonchev–Trinajstić information content (AvgIpc) is 2.80. The maximum absolute atomic E-state index is 12.9. The minimum absolute atomic E-state index is 0.0595. The van der Waals surface area contributed by atoms with E-state index in [2.05, 4.69) is 5.32 Å². The third kappa shape index (κ3) is 4.70. The molecule has 160 valence electrons. The van der Waals surface area contributed by atoms with E-state index in [-0.39, 0.29) is 11.8 Å². The van der Waals surface area contributed by atoms with Crippen molar-refractivity contribution in [2.45, 2.75) is 24.7 Å². The number of hydrogen-bond acceptors (Lipinski definition) is 3. The highest BCUT2D eigenvalue weighted by Gasteiger charge is 2.32. The van der Waals surface area contributed by atoms with Crippen molar-refractivity contribution in [1.29, 1.82) is 0 Å². The zero-order valence-electron chi connectivity index (χ0n) is 17.5. The number of piperidine rings is 1. The summed E-state index contributed by atoms with van der Waals surface area (Å²) in [6.45, 7) is 2.61. The number of benzene rings is 3. The molecular formula is C25H26N2O3S. The van der Waals surface area contributed by atoms with Crippen LogP contribution in [0.3, 0.4) is 0 Å². The van der Waals surface area contributed by atoms with E-state index in [0.717, 1.165) is 22.4 Å². The smallest absolute Gasteiger partial charge is 0.243 e. The molecule has 1 amide bonds. The molecule has 0 aliphatic carbocycles. The Morgan fingerprint density at radius 2 is 1.48 bits per heavy atom. The summed E-state index contributed by atoms with van der Waals surface area (Å²) >= 11 is 0. The molecule has 1 aliphatic rings. The highest BCUT2D eigenvalue weighted by Crippen LogP contribution is 2.30. The van der Waals surface area contributed by atoms with Gasteiger partial charge >= 0.3 is 0 Å². The molecule has 0 saturated carbocycles. The Kier molecular flexibility index (Phi) is 6.20. The maximum atomic E-state index is 12.9. The first-order valence-corrected chi connectivity index (χ1v) is 11.9. The van der Waals surface area contributed by atoms with Gasteiger partial charge in [-0.05, 0) is 43.5 Å². The SMILES string of the molecule is Cc1ccc(S(=O)(=O)N2CCC(C(=O)Nc3ccccc3-c3ccccc3)CC2)cc1. The molecule has 0 spiro atoms. The Bertz CT molecular complexity index is 1150. The standard InChI is InChI=1S/C25H26N2O3S/c1-19-11-13-22(14-12-19)31(29,30)27-17-15-21(16-18-27)25(28)26-24-10-6-5-9-23(24)20-7-3-2-4-8-20/h2-14,21H,15-18H2,1H3,(H,26,28). The first kappa shape index (κ1) is 21.3. The first-order chi connectivity index (χ1) is 14.9. The van der Waals surface area contributed by atoms with Crippen molar-refractivity contribution in [3.05, 3.63) is 84.4 Å². The molecule has 0 radical (unpaired) electrons. The lowest BCUT2D eigenvalue weighted by Gasteiger charge is -2.30. The predicted molar refractivity (Wildman–Crippen MR) is 123 cm³/mol. The van der Waals surface area contributed by atoms with Crippen LogP contribution < -0.4 is 5.32 Å². The Balaban J connectivity index is 1.42. The second kappa shape index (κ2) is 9.04. The predicted octanol–water partition coefficient (Wildman–Crippen LogP) is 4.70. The second-order valence-electron chi connectivity index (χ2n) is 7.89. The summed E-state index contributed by atoms with van der Waals surface area (Å²) in [7, 11) is -3.53. The van der Waals surface area contributed by atoms with Gasteiger partial charge in [-0.2, -0.15) is 4.31 Å². The van der Waals surface area contributed by atoms with Gasteiger partial charge in [0, 0.05) is 30.3 Å². The van der Waals surface area contributed by atoms with Gasteiger partial charge in [-0.25, -0.2) is 8.42 Å². The van der Waals surface area contributed by atoms with Crippen molar-refractivity contribution in [1.82, 2.24) is 4.31 Å². The third-order valence-corrected chi connectivity index (χ3v) is 7.67. The summed E-state index contributed by atoms with van der Waals surface area (Å²) < 4.78 is 27.3. The number of carbonyl (C=O) groups is 1. The number of nitrogens with zero attached hydrogens (tertiary/aromatic N) is 1. The zero-order chi connectivity index (χ0) is 21.8. The molecule has 1 N–H and O–H groups in total. The van der Waals surface area contributed by atoms with Crippen LogP contribution in [0.1, 0.15) is 18.4 Å². The summed E-state index contributed by atoms with van der Waals surface area (Å²) in [6, 6.07) is 24.6. The summed E-state index contributed by atoms with van der Waals surface area (Å²) in [6.07, 6.45) is 1.01. The van der Waals surface area contributed by atoms with Crippen molar-refractivity contribution >= 4 is 21.6 Å². The van der Waals surface area contributed by atoms with Crippen LogP contribution in [0.15, 0.2) is 83.8 Å². The molecule has 0 atom stereocenters. The normalized spacial score (nSPS) is 15.5. The molecular weight excluding hydrogens is 408 g/mol. The van der Waals surface area contributed by atoms with Crippen LogP contribution >= 0.6 is 0 Å². The second-order valence-corrected chi connectivity index (χ2v) is 9.83. The van der Waals surface area contributed by atoms with Crippen LogP contribution in [-0.2, 0) is 14.8 Å². The third-order valence-electron chi connectivity index (χ3n) is 5.75. The summed E-state index contributed by atoms with van der Waals surface area (Å²) in [5.74, 6) is -0.274. The number of para-hydroxylation sites is 1. The molecule has 5 nitrogen and oxygen atoms in total. The number of nitrogens with one attached hydrogen (secondary N) is 1. The molecule has 0 aromatic heterocycles. The van der Waals surface area contributed by atoms with Crippen LogP contribution in [0.4, 0.5) is 5.69 Å². The Morgan fingerprint density at radius 3 is 2.16 bits per heavy atom. The van der Waals surface area contributed by atoms with Gasteiger partial charge in [0.25, 0.3) is 0 Å². The average molecular weight is 435 g/mol. The quantitative estimate of drug-likeness (QED) is 0.633. The van der Waals surface area contributed by atoms with Crippen LogP contribution in [-0.4, -0.2) is 31.7 Å². The van der Waals surface area contributed by atoms with Gasteiger partial charge in [-0.15, -0.1) is 0 Å². The van der Waals surface area contributed by atoms with E-state index < -0.39 is 10.0 Å². The molecule has 1 aliphatic heterocycles. The van der Waals surface area contributed by atoms with Crippen molar-refractivity contribution in [3.8, 4) is 11.1 Å². The van der Waals surface area contributed by atoms with Gasteiger partial charge in [0.15, 0.2) is 0 Å². The fraction of sp³-hybridized carbons (Fsp3) is 0.240. The lowest BCUT2D eigenvalue weighted by molar-refractivity contribution is -0.120. The van der Waals surface area contributed by atoms with Gasteiger partial charge in [-0.1, -0.05) is 66.2 Å². The number of rotatable bonds is 5. The Labute approximate surface area is 183 Å². The zero-order valence-corrected chi connectivity index (χ0v) is 18.3. The van der Waals surface area contributed by atoms with Crippen LogP contribution in [0.2, 0.25) is 0 Å². The summed E-state index contributed by atoms with van der Waals surface area (Å²) in [5, 5.41) is 3.06. The number of hydrogen-bond donors (Lipinski definition) is 1. The van der Waals surface area contributed by atoms with E-state index in [1.807, 2.05) is 61.5 Å². The fourth-order valence-electron chi connectivity index (χ4n) is 3.91. The largest absolute Gasteiger partial charge is 0.325 e. The van der Waals surface area contributed by atoms with Gasteiger partial charge < -0.3 is 5.32 Å². The van der Waals surface area contributed by atoms with Crippen molar-refractivity contribution < 1.29 is 13.2 Å². The topological polar surface area (TPSA) is 66.5 Å². The highest BCUT2D eigenvalue weighted by molar-refractivity contribution is 7.89. The molecule has 3 aromatic rings. The van der Waals surface area contributed by atoms with Crippen molar-refractivity contribution in [3.63, 3.8) is 0 Å². The van der Waals surface area contributed by atoms with E-state index in [4.69, 9.17) is 0 Å². The molecule has 6 heteroatoms. The molecule has 1 heterocycles. The molecule has 0 bridgehead atoms. The Morgan fingerprint density at radius 1 is 0.871 bits per heavy atom. The van der Waals surface area contributed by atoms with E-state index in [9.17, 15) is 13.2 Å². The molecule has 0 unspecified atom stereocenters. The Hall–Kier alpha value is -2.96. The molecule has 4 rings (SSSR count). The molecule has 1 saturated heterocycles. The lowest BCUT2D eigenvalue weighted by Crippen LogP contribution is -2.41. The van der Waals surface area contributed by atoms with Gasteiger partial charge in [0.2, 0.25) is 15.9 Å². The van der Waals surface area contributed by atoms with E-state index >= 15 is 0 Å². The fourth-order valence-corrected chi connectivity index (χ4v) is 5.38. The molecule has 1 fully saturated rings. The van der Waals surface area contributed by atoms with Crippen LogP contribution in [0, 0.1) is 12.8 Å². The molecule has 31 heavy (non-hydrogen) atoms. The number of sulfonamides is 1. The minimum Gasteiger partial charge on any atom is -0.325 e. The molecule has 3 aromatic carbocycles. The number of anilines is 1. The van der Waals surface area contributed by atoms with E-state index in [0.29, 0.717) is 30.8 Å². The summed E-state index contributed by atoms with van der Waals surface area (Å²) in [4.78, 5) is 13.2. The number of aryl methyl sites for hydroxylation is 1. The van der Waals surface area contributed by atoms with E-state index in [1.165, 1.54) is 4.31 Å². The van der Waals surface area contributed by atoms with E-state index in [1.54, 1.807) is 24.3 Å². The monoisotopic (exact) mass is 434 g/mol. The maximum Gasteiger partial charge on any atom is 0.243 e. The lowest BCUT2D eigenvalue weighted by atomic mass is 9.96. The summed E-state index contributed by atoms with van der Waals surface area (Å²) in [5.41, 5.74) is 3.80. The van der Waals surface area contributed by atoms with Crippen LogP contribution in [0.5, 0.6) is 0 Å². The number of carbonyl (C=O) groups excluding carboxylic acids is 1. The van der Waals surface area contributed by atoms with Gasteiger partial charge in [0.05, 0.1) is 4.90 Å². The van der Waals surface area contributed by atoms with Gasteiger partial charge in [0.1, 0.15) is 0 Å². The minimum atomic E-state index is -3.53. The van der Waals surface area contributed by atoms with Gasteiger partial charge in [-0.3, -0.25) is 4.79 Å².